The van der Waals surface area contributed by atoms with Gasteiger partial charge in [-0.2, -0.15) is 5.26 Å². The molecule has 90 valence electrons. The highest BCUT2D eigenvalue weighted by molar-refractivity contribution is 5.66. The maximum absolute atomic E-state index is 13.4. The summed E-state index contributed by atoms with van der Waals surface area (Å²) in [6.45, 7) is 0. The molecule has 0 aliphatic heterocycles. The van der Waals surface area contributed by atoms with Crippen LogP contribution in [-0.4, -0.2) is 0 Å². The third kappa shape index (κ3) is 2.28. The van der Waals surface area contributed by atoms with Crippen LogP contribution in [0, 0.1) is 28.8 Å². The lowest BCUT2D eigenvalue weighted by molar-refractivity contribution is 0.512. The molecule has 0 heterocycles. The maximum Gasteiger partial charge on any atom is 0.182 e. The molecular formula is C13H7F3N2. The van der Waals surface area contributed by atoms with Gasteiger partial charge in [-0.15, -0.1) is 0 Å². The van der Waals surface area contributed by atoms with Gasteiger partial charge in [0.25, 0.3) is 0 Å². The van der Waals surface area contributed by atoms with Gasteiger partial charge in [0.1, 0.15) is 11.9 Å². The summed E-state index contributed by atoms with van der Waals surface area (Å²) in [5, 5.41) is 11.4. The van der Waals surface area contributed by atoms with Gasteiger partial charge >= 0.3 is 0 Å². The number of benzene rings is 2. The van der Waals surface area contributed by atoms with Crippen molar-refractivity contribution in [3.63, 3.8) is 0 Å². The minimum absolute atomic E-state index is 0.0126. The van der Waals surface area contributed by atoms with E-state index in [4.69, 9.17) is 5.26 Å². The van der Waals surface area contributed by atoms with Crippen molar-refractivity contribution in [1.82, 2.24) is 0 Å². The summed E-state index contributed by atoms with van der Waals surface area (Å²) in [5.74, 6) is -2.62. The fraction of sp³-hybridized carbons (Fsp3) is 0. The SMILES string of the molecule is N#Cc1cc(F)ccc1Nc1cccc(F)c1F. The lowest BCUT2D eigenvalue weighted by Gasteiger charge is -2.09. The van der Waals surface area contributed by atoms with Gasteiger partial charge < -0.3 is 5.32 Å². The predicted octanol–water partition coefficient (Wildman–Crippen LogP) is 3.72. The molecule has 2 aromatic carbocycles. The lowest BCUT2D eigenvalue weighted by Crippen LogP contribution is -1.98. The molecule has 0 amide bonds. The molecule has 2 aromatic rings. The van der Waals surface area contributed by atoms with Crippen molar-refractivity contribution < 1.29 is 13.2 Å². The molecule has 0 unspecified atom stereocenters. The second-order valence-electron chi connectivity index (χ2n) is 3.53. The minimum atomic E-state index is -1.05. The Morgan fingerprint density at radius 1 is 1.00 bits per heavy atom. The summed E-state index contributed by atoms with van der Waals surface area (Å²) in [6.07, 6.45) is 0. The quantitative estimate of drug-likeness (QED) is 0.879. The van der Waals surface area contributed by atoms with E-state index in [1.165, 1.54) is 18.2 Å². The molecule has 0 aliphatic carbocycles. The largest absolute Gasteiger partial charge is 0.352 e. The highest BCUT2D eigenvalue weighted by atomic mass is 19.2. The molecule has 1 N–H and O–H groups in total. The predicted molar refractivity (Wildman–Crippen MR) is 60.8 cm³/mol. The highest BCUT2D eigenvalue weighted by Crippen LogP contribution is 2.24. The van der Waals surface area contributed by atoms with E-state index in [1.54, 1.807) is 6.07 Å². The van der Waals surface area contributed by atoms with E-state index >= 15 is 0 Å². The van der Waals surface area contributed by atoms with Crippen molar-refractivity contribution in [2.75, 3.05) is 5.32 Å². The molecule has 18 heavy (non-hydrogen) atoms. The zero-order valence-electron chi connectivity index (χ0n) is 9.05. The molecule has 0 saturated heterocycles. The third-order valence-corrected chi connectivity index (χ3v) is 2.32. The monoisotopic (exact) mass is 248 g/mol. The van der Waals surface area contributed by atoms with Gasteiger partial charge in [-0.3, -0.25) is 0 Å². The first-order valence-electron chi connectivity index (χ1n) is 5.02. The molecule has 2 nitrogen and oxygen atoms in total. The number of anilines is 2. The van der Waals surface area contributed by atoms with Gasteiger partial charge in [0.15, 0.2) is 11.6 Å². The number of rotatable bonds is 2. The number of hydrogen-bond acceptors (Lipinski definition) is 2. The standard InChI is InChI=1S/C13H7F3N2/c14-9-4-5-11(8(6-9)7-17)18-12-3-1-2-10(15)13(12)16/h1-6,18H. The topological polar surface area (TPSA) is 35.8 Å². The maximum atomic E-state index is 13.4. The van der Waals surface area contributed by atoms with Crippen LogP contribution in [0.5, 0.6) is 0 Å². The molecule has 0 aliphatic rings. The van der Waals surface area contributed by atoms with Gasteiger partial charge in [0.2, 0.25) is 0 Å². The van der Waals surface area contributed by atoms with E-state index in [0.717, 1.165) is 18.2 Å². The summed E-state index contributed by atoms with van der Waals surface area (Å²) in [7, 11) is 0. The van der Waals surface area contributed by atoms with Gasteiger partial charge in [0.05, 0.1) is 16.9 Å². The molecule has 0 spiro atoms. The Morgan fingerprint density at radius 3 is 2.50 bits per heavy atom. The Balaban J connectivity index is 2.41. The summed E-state index contributed by atoms with van der Waals surface area (Å²) < 4.78 is 39.3. The van der Waals surface area contributed by atoms with E-state index in [0.29, 0.717) is 0 Å². The van der Waals surface area contributed by atoms with Crippen LogP contribution in [0.25, 0.3) is 0 Å². The van der Waals surface area contributed by atoms with Crippen molar-refractivity contribution in [3.05, 3.63) is 59.4 Å². The van der Waals surface area contributed by atoms with E-state index < -0.39 is 17.5 Å². The van der Waals surface area contributed by atoms with Gasteiger partial charge in [-0.1, -0.05) is 6.07 Å². The van der Waals surface area contributed by atoms with Crippen molar-refractivity contribution in [2.45, 2.75) is 0 Å². The zero-order valence-corrected chi connectivity index (χ0v) is 9.05. The molecule has 0 radical (unpaired) electrons. The Kier molecular flexibility index (Phi) is 3.20. The summed E-state index contributed by atoms with van der Waals surface area (Å²) >= 11 is 0. The number of hydrogen-bond donors (Lipinski definition) is 1. The molecule has 5 heteroatoms. The van der Waals surface area contributed by atoms with Crippen LogP contribution in [-0.2, 0) is 0 Å². The van der Waals surface area contributed by atoms with Crippen LogP contribution >= 0.6 is 0 Å². The van der Waals surface area contributed by atoms with Crippen LogP contribution in [0.4, 0.5) is 24.5 Å². The van der Waals surface area contributed by atoms with Crippen LogP contribution in [0.1, 0.15) is 5.56 Å². The van der Waals surface area contributed by atoms with Crippen molar-refractivity contribution >= 4 is 11.4 Å². The minimum Gasteiger partial charge on any atom is -0.352 e. The average molecular weight is 248 g/mol. The van der Waals surface area contributed by atoms with Crippen LogP contribution < -0.4 is 5.32 Å². The molecule has 0 fully saturated rings. The Labute approximate surface area is 101 Å². The molecule has 0 atom stereocenters. The number of halogens is 3. The van der Waals surface area contributed by atoms with E-state index in [1.807, 2.05) is 0 Å². The summed E-state index contributed by atoms with van der Waals surface area (Å²) in [4.78, 5) is 0. The Bertz CT molecular complexity index is 633. The van der Waals surface area contributed by atoms with Gasteiger partial charge in [-0.25, -0.2) is 13.2 Å². The van der Waals surface area contributed by atoms with Crippen LogP contribution in [0.3, 0.4) is 0 Å². The van der Waals surface area contributed by atoms with Crippen molar-refractivity contribution in [1.29, 1.82) is 5.26 Å². The number of nitrogens with zero attached hydrogens (tertiary/aromatic N) is 1. The fourth-order valence-electron chi connectivity index (χ4n) is 1.46. The normalized spacial score (nSPS) is 9.89. The molecular weight excluding hydrogens is 241 g/mol. The second-order valence-corrected chi connectivity index (χ2v) is 3.53. The second kappa shape index (κ2) is 4.80. The Morgan fingerprint density at radius 2 is 1.78 bits per heavy atom. The van der Waals surface area contributed by atoms with Gasteiger partial charge in [0, 0.05) is 0 Å². The number of nitriles is 1. The summed E-state index contributed by atoms with van der Waals surface area (Å²) in [5.41, 5.74) is 0.111. The van der Waals surface area contributed by atoms with Crippen molar-refractivity contribution in [3.8, 4) is 6.07 Å². The molecule has 0 bridgehead atoms. The smallest absolute Gasteiger partial charge is 0.182 e. The zero-order chi connectivity index (χ0) is 13.1. The van der Waals surface area contributed by atoms with Crippen LogP contribution in [0.15, 0.2) is 36.4 Å². The van der Waals surface area contributed by atoms with Gasteiger partial charge in [-0.05, 0) is 30.3 Å². The molecule has 2 rings (SSSR count). The molecule has 0 saturated carbocycles. The average Bonchev–Trinajstić information content (AvgIpc) is 2.37. The van der Waals surface area contributed by atoms with E-state index in [-0.39, 0.29) is 16.9 Å². The fourth-order valence-corrected chi connectivity index (χ4v) is 1.46. The third-order valence-electron chi connectivity index (χ3n) is 2.32. The van der Waals surface area contributed by atoms with E-state index in [9.17, 15) is 13.2 Å². The molecule has 0 aromatic heterocycles. The summed E-state index contributed by atoms with van der Waals surface area (Å²) in [6, 6.07) is 8.84. The highest BCUT2D eigenvalue weighted by Gasteiger charge is 2.10. The van der Waals surface area contributed by atoms with E-state index in [2.05, 4.69) is 5.32 Å². The first kappa shape index (κ1) is 12.0. The first-order chi connectivity index (χ1) is 8.61. The first-order valence-corrected chi connectivity index (χ1v) is 5.02. The number of nitrogens with one attached hydrogen (secondary N) is 1. The lowest BCUT2D eigenvalue weighted by atomic mass is 10.1. The van der Waals surface area contributed by atoms with Crippen LogP contribution in [0.2, 0.25) is 0 Å². The van der Waals surface area contributed by atoms with Crippen molar-refractivity contribution in [2.24, 2.45) is 0 Å². The Hall–Kier alpha value is -2.48.